The molecule has 0 saturated carbocycles. The van der Waals surface area contributed by atoms with Crippen LogP contribution in [0.15, 0.2) is 91.0 Å². The lowest BCUT2D eigenvalue weighted by atomic mass is 10.3. The average molecular weight is 247 g/mol. The number of hydrogen-bond donors (Lipinski definition) is 0. The lowest BCUT2D eigenvalue weighted by Crippen LogP contribution is -2.04. The van der Waals surface area contributed by atoms with Crippen molar-refractivity contribution in [1.29, 1.82) is 0 Å². The Bertz CT molecular complexity index is 524. The maximum Gasteiger partial charge on any atom is 0.267 e. The fourth-order valence-corrected chi connectivity index (χ4v) is 2.08. The Balaban J connectivity index is 2.12. The Morgan fingerprint density at radius 3 is 0.895 bits per heavy atom. The van der Waals surface area contributed by atoms with Gasteiger partial charge in [-0.15, -0.1) is 0 Å². The number of rotatable bonds is 3. The van der Waals surface area contributed by atoms with Gasteiger partial charge in [-0.2, -0.15) is 0 Å². The van der Waals surface area contributed by atoms with E-state index in [4.69, 9.17) is 0 Å². The Morgan fingerprint density at radius 2 is 0.632 bits per heavy atom. The van der Waals surface area contributed by atoms with E-state index in [-0.39, 0.29) is 0 Å². The minimum atomic E-state index is 1.08. The van der Waals surface area contributed by atoms with Crippen molar-refractivity contribution in [2.45, 2.75) is 0 Å². The van der Waals surface area contributed by atoms with Crippen molar-refractivity contribution < 1.29 is 4.37 Å². The van der Waals surface area contributed by atoms with Crippen LogP contribution in [0.2, 0.25) is 0 Å². The molecule has 1 nitrogen and oxygen atoms in total. The summed E-state index contributed by atoms with van der Waals surface area (Å²) in [4.78, 5) is 0. The molecule has 0 aliphatic heterocycles. The highest BCUT2D eigenvalue weighted by atomic mass is 16.7. The van der Waals surface area contributed by atoms with Gasteiger partial charge in [0.1, 0.15) is 0 Å². The first kappa shape index (κ1) is 11.5. The molecule has 0 aliphatic carbocycles. The molecule has 19 heavy (non-hydrogen) atoms. The molecule has 0 N–H and O–H groups in total. The van der Waals surface area contributed by atoms with E-state index in [2.05, 4.69) is 40.8 Å². The third-order valence-corrected chi connectivity index (χ3v) is 2.94. The zero-order valence-electron chi connectivity index (χ0n) is 10.6. The van der Waals surface area contributed by atoms with Crippen molar-refractivity contribution in [3.63, 3.8) is 0 Å². The lowest BCUT2D eigenvalue weighted by Gasteiger charge is -2.21. The molecule has 0 bridgehead atoms. The molecule has 0 fully saturated rings. The third-order valence-electron chi connectivity index (χ3n) is 2.94. The Morgan fingerprint density at radius 1 is 0.368 bits per heavy atom. The monoisotopic (exact) mass is 247 g/mol. The molecule has 0 aliphatic rings. The van der Waals surface area contributed by atoms with Gasteiger partial charge in [0.15, 0.2) is 0 Å². The maximum absolute atomic E-state index is 3.22. The highest BCUT2D eigenvalue weighted by Gasteiger charge is 2.18. The van der Waals surface area contributed by atoms with Gasteiger partial charge in [0.05, 0.1) is 0 Å². The highest BCUT2D eigenvalue weighted by molar-refractivity contribution is 5.42. The quantitative estimate of drug-likeness (QED) is 0.543. The molecule has 3 aromatic carbocycles. The summed E-state index contributed by atoms with van der Waals surface area (Å²) >= 11 is 0. The molecule has 0 aromatic heterocycles. The first-order valence-electron chi connectivity index (χ1n) is 6.34. The lowest BCUT2D eigenvalue weighted by molar-refractivity contribution is 0.233. The van der Waals surface area contributed by atoms with Crippen LogP contribution in [0.25, 0.3) is 0 Å². The molecule has 0 unspecified atom stereocenters. The Hall–Kier alpha value is -2.54. The van der Waals surface area contributed by atoms with E-state index in [1.165, 1.54) is 0 Å². The molecule has 3 aromatic rings. The summed E-state index contributed by atoms with van der Waals surface area (Å²) in [5, 5.41) is 0. The summed E-state index contributed by atoms with van der Waals surface area (Å²) in [7, 11) is 0. The fourth-order valence-electron chi connectivity index (χ4n) is 2.08. The maximum atomic E-state index is 3.22. The van der Waals surface area contributed by atoms with Crippen molar-refractivity contribution in [2.24, 2.45) is 0 Å². The zero-order valence-corrected chi connectivity index (χ0v) is 10.6. The van der Waals surface area contributed by atoms with Crippen LogP contribution in [0.3, 0.4) is 0 Å². The topological polar surface area (TPSA) is 2.70 Å². The van der Waals surface area contributed by atoms with E-state index in [0.29, 0.717) is 0 Å². The van der Waals surface area contributed by atoms with Crippen molar-refractivity contribution in [1.82, 2.24) is 0 Å². The van der Waals surface area contributed by atoms with Crippen LogP contribution < -0.4 is 4.37 Å². The van der Waals surface area contributed by atoms with Gasteiger partial charge in [-0.25, -0.2) is 0 Å². The van der Waals surface area contributed by atoms with E-state index in [9.17, 15) is 0 Å². The smallest absolute Gasteiger partial charge is 0.267 e. The molecule has 0 saturated heterocycles. The zero-order chi connectivity index (χ0) is 12.9. The molecule has 0 spiro atoms. The van der Waals surface area contributed by atoms with Gasteiger partial charge >= 0.3 is 0 Å². The SMILES string of the molecule is c1ccc([O+](c2ccccc2)c2ccccc2)cc1. The van der Waals surface area contributed by atoms with Crippen molar-refractivity contribution in [2.75, 3.05) is 0 Å². The van der Waals surface area contributed by atoms with Gasteiger partial charge in [-0.3, -0.25) is 0 Å². The molecule has 0 heterocycles. The summed E-state index contributed by atoms with van der Waals surface area (Å²) in [6, 6.07) is 30.9. The summed E-state index contributed by atoms with van der Waals surface area (Å²) in [6.07, 6.45) is 0. The third kappa shape index (κ3) is 2.50. The standard InChI is InChI=1S/C18H15O/c1-4-10-16(11-5-1)19(17-12-6-2-7-13-17)18-14-8-3-9-15-18/h1-15H/q+1. The molecule has 92 valence electrons. The number of benzene rings is 3. The molecule has 3 rings (SSSR count). The van der Waals surface area contributed by atoms with Crippen molar-refractivity contribution >= 4 is 0 Å². The molecule has 0 radical (unpaired) electrons. The van der Waals surface area contributed by atoms with Crippen LogP contribution in [0.4, 0.5) is 0 Å². The summed E-state index contributed by atoms with van der Waals surface area (Å²) < 4.78 is 3.22. The number of para-hydroxylation sites is 3. The summed E-state index contributed by atoms with van der Waals surface area (Å²) in [6.45, 7) is 0. The van der Waals surface area contributed by atoms with Crippen LogP contribution in [-0.4, -0.2) is 0 Å². The van der Waals surface area contributed by atoms with E-state index < -0.39 is 0 Å². The molecular weight excluding hydrogens is 232 g/mol. The van der Waals surface area contributed by atoms with E-state index in [1.54, 1.807) is 0 Å². The normalized spacial score (nSPS) is 10.1. The Labute approximate surface area is 113 Å². The van der Waals surface area contributed by atoms with Gasteiger partial charge in [0, 0.05) is 36.4 Å². The first-order valence-corrected chi connectivity index (χ1v) is 6.34. The van der Waals surface area contributed by atoms with Crippen LogP contribution in [0.5, 0.6) is 17.2 Å². The van der Waals surface area contributed by atoms with Gasteiger partial charge in [0.2, 0.25) is 0 Å². The van der Waals surface area contributed by atoms with Gasteiger partial charge in [-0.1, -0.05) is 54.6 Å². The summed E-state index contributed by atoms with van der Waals surface area (Å²) in [5.41, 5.74) is 0. The first-order chi connectivity index (χ1) is 9.45. The largest absolute Gasteiger partial charge is 0.499 e. The minimum absolute atomic E-state index is 1.08. The van der Waals surface area contributed by atoms with Crippen molar-refractivity contribution in [3.8, 4) is 17.2 Å². The van der Waals surface area contributed by atoms with Crippen LogP contribution >= 0.6 is 0 Å². The van der Waals surface area contributed by atoms with E-state index in [1.807, 2.05) is 54.6 Å². The molecule has 0 amide bonds. The molecular formula is C18H15O+. The fraction of sp³-hybridized carbons (Fsp3) is 0. The second-order valence-electron chi connectivity index (χ2n) is 4.25. The number of hydrogen-bond acceptors (Lipinski definition) is 0. The second-order valence-corrected chi connectivity index (χ2v) is 4.25. The van der Waals surface area contributed by atoms with E-state index >= 15 is 0 Å². The average Bonchev–Trinajstić information content (AvgIpc) is 2.51. The van der Waals surface area contributed by atoms with Crippen LogP contribution in [0.1, 0.15) is 0 Å². The highest BCUT2D eigenvalue weighted by Crippen LogP contribution is 2.38. The van der Waals surface area contributed by atoms with Gasteiger partial charge < -0.3 is 4.37 Å². The van der Waals surface area contributed by atoms with Crippen LogP contribution in [-0.2, 0) is 0 Å². The molecule has 1 heteroatoms. The van der Waals surface area contributed by atoms with Crippen molar-refractivity contribution in [3.05, 3.63) is 91.0 Å². The molecule has 0 atom stereocenters. The van der Waals surface area contributed by atoms with Gasteiger partial charge in [-0.05, 0) is 0 Å². The second kappa shape index (κ2) is 5.40. The predicted molar refractivity (Wildman–Crippen MR) is 78.8 cm³/mol. The van der Waals surface area contributed by atoms with E-state index in [0.717, 1.165) is 17.2 Å². The summed E-state index contributed by atoms with van der Waals surface area (Å²) in [5.74, 6) is 3.25. The minimum Gasteiger partial charge on any atom is -0.499 e. The Kier molecular flexibility index (Phi) is 3.28. The predicted octanol–water partition coefficient (Wildman–Crippen LogP) is 5.43. The van der Waals surface area contributed by atoms with Gasteiger partial charge in [0.25, 0.3) is 17.2 Å². The van der Waals surface area contributed by atoms with Crippen LogP contribution in [0, 0.1) is 0 Å².